The van der Waals surface area contributed by atoms with E-state index in [-0.39, 0.29) is 23.8 Å². The number of hydrogen-bond donors (Lipinski definition) is 2. The Kier molecular flexibility index (Phi) is 6.28. The maximum atomic E-state index is 13.6. The van der Waals surface area contributed by atoms with Crippen LogP contribution in [0.15, 0.2) is 53.4 Å². The first-order valence-electron chi connectivity index (χ1n) is 9.79. The zero-order valence-electron chi connectivity index (χ0n) is 17.2. The molecule has 0 fully saturated rings. The first kappa shape index (κ1) is 22.0. The Hall–Kier alpha value is -2.71. The van der Waals surface area contributed by atoms with Gasteiger partial charge in [0.1, 0.15) is 12.1 Å². The molecule has 2 unspecified atom stereocenters. The summed E-state index contributed by atoms with van der Waals surface area (Å²) in [5, 5.41) is 12.1. The quantitative estimate of drug-likeness (QED) is 0.775. The second-order valence-electron chi connectivity index (χ2n) is 7.92. The number of fused-ring (bicyclic) bond motifs is 1. The van der Waals surface area contributed by atoms with Crippen molar-refractivity contribution in [3.8, 4) is 0 Å². The summed E-state index contributed by atoms with van der Waals surface area (Å²) in [6, 6.07) is 11.4. The Balaban J connectivity index is 2.17. The van der Waals surface area contributed by atoms with Gasteiger partial charge < -0.3 is 10.4 Å². The van der Waals surface area contributed by atoms with Crippen molar-refractivity contribution in [3.05, 3.63) is 65.2 Å². The van der Waals surface area contributed by atoms with E-state index in [1.165, 1.54) is 16.4 Å². The lowest BCUT2D eigenvalue weighted by atomic mass is 10.0. The summed E-state index contributed by atoms with van der Waals surface area (Å²) in [5.41, 5.74) is 2.30. The predicted octanol–water partition coefficient (Wildman–Crippen LogP) is 2.34. The molecule has 7 nitrogen and oxygen atoms in total. The first-order chi connectivity index (χ1) is 14.1. The van der Waals surface area contributed by atoms with E-state index in [2.05, 4.69) is 5.32 Å². The van der Waals surface area contributed by atoms with E-state index in [1.54, 1.807) is 50.2 Å². The number of rotatable bonds is 4. The number of carbonyl (C=O) groups is 2. The number of aryl methyl sites for hydroxylation is 1. The highest BCUT2D eigenvalue weighted by molar-refractivity contribution is 7.89. The van der Waals surface area contributed by atoms with Crippen LogP contribution in [0.5, 0.6) is 0 Å². The molecule has 0 saturated carbocycles. The molecule has 0 aliphatic carbocycles. The zero-order chi connectivity index (χ0) is 22.1. The van der Waals surface area contributed by atoms with E-state index in [0.717, 1.165) is 5.56 Å². The number of carbonyl (C=O) groups excluding carboxylic acids is 1. The monoisotopic (exact) mass is 430 g/mol. The summed E-state index contributed by atoms with van der Waals surface area (Å²) < 4.78 is 28.4. The van der Waals surface area contributed by atoms with Gasteiger partial charge in [-0.3, -0.25) is 4.79 Å². The molecule has 2 atom stereocenters. The lowest BCUT2D eigenvalue weighted by molar-refractivity contribution is -0.142. The number of carboxylic acids is 1. The van der Waals surface area contributed by atoms with E-state index in [4.69, 9.17) is 0 Å². The molecule has 1 aliphatic heterocycles. The number of carboxylic acid groups (broad SMARTS) is 1. The van der Waals surface area contributed by atoms with Gasteiger partial charge in [-0.15, -0.1) is 0 Å². The third-order valence-electron chi connectivity index (χ3n) is 5.32. The number of sulfonamides is 1. The second-order valence-corrected chi connectivity index (χ2v) is 9.81. The average molecular weight is 431 g/mol. The van der Waals surface area contributed by atoms with E-state index in [0.29, 0.717) is 11.1 Å². The maximum absolute atomic E-state index is 13.6. The molecule has 1 amide bonds. The van der Waals surface area contributed by atoms with E-state index in [9.17, 15) is 23.1 Å². The highest BCUT2D eigenvalue weighted by Gasteiger charge is 2.40. The van der Waals surface area contributed by atoms with Crippen LogP contribution in [0.1, 0.15) is 30.5 Å². The van der Waals surface area contributed by atoms with Crippen LogP contribution >= 0.6 is 0 Å². The van der Waals surface area contributed by atoms with Crippen LogP contribution < -0.4 is 5.32 Å². The van der Waals surface area contributed by atoms with Gasteiger partial charge in [0, 0.05) is 13.0 Å². The fourth-order valence-corrected chi connectivity index (χ4v) is 5.40. The van der Waals surface area contributed by atoms with Crippen LogP contribution in [0.4, 0.5) is 0 Å². The topological polar surface area (TPSA) is 104 Å². The van der Waals surface area contributed by atoms with E-state index < -0.39 is 34.0 Å². The molecule has 2 aromatic carbocycles. The van der Waals surface area contributed by atoms with Crippen LogP contribution in [0, 0.1) is 12.8 Å². The number of nitrogens with one attached hydrogen (secondary N) is 1. The summed E-state index contributed by atoms with van der Waals surface area (Å²) in [5.74, 6) is -2.14. The first-order valence-corrected chi connectivity index (χ1v) is 11.2. The standard InChI is InChI=1S/C22H26N2O5S/c1-14(2)20-21(25)23-19(22(26)27)12-16-6-4-5-7-17(16)13-24(20)30(28,29)18-10-8-15(3)9-11-18/h4-11,14,19-20H,12-13H2,1-3H3,(H,23,25)(H,26,27). The third-order valence-corrected chi connectivity index (χ3v) is 7.16. The van der Waals surface area contributed by atoms with Gasteiger partial charge >= 0.3 is 5.97 Å². The van der Waals surface area contributed by atoms with Crippen molar-refractivity contribution < 1.29 is 23.1 Å². The van der Waals surface area contributed by atoms with Crippen LogP contribution in [-0.2, 0) is 32.6 Å². The Morgan fingerprint density at radius 1 is 1.10 bits per heavy atom. The Morgan fingerprint density at radius 2 is 1.70 bits per heavy atom. The van der Waals surface area contributed by atoms with Crippen LogP contribution in [-0.4, -0.2) is 41.8 Å². The van der Waals surface area contributed by atoms with Crippen molar-refractivity contribution in [1.29, 1.82) is 0 Å². The number of nitrogens with zero attached hydrogens (tertiary/aromatic N) is 1. The Bertz CT molecular complexity index is 1050. The highest BCUT2D eigenvalue weighted by atomic mass is 32.2. The van der Waals surface area contributed by atoms with Gasteiger partial charge in [-0.05, 0) is 36.1 Å². The molecule has 2 aromatic rings. The van der Waals surface area contributed by atoms with Crippen LogP contribution in [0.2, 0.25) is 0 Å². The molecule has 0 saturated heterocycles. The Morgan fingerprint density at radius 3 is 2.27 bits per heavy atom. The number of hydrogen-bond acceptors (Lipinski definition) is 4. The average Bonchev–Trinajstić information content (AvgIpc) is 2.74. The molecule has 0 bridgehead atoms. The SMILES string of the molecule is Cc1ccc(S(=O)(=O)N2Cc3ccccc3CC(C(=O)O)NC(=O)C2C(C)C)cc1. The smallest absolute Gasteiger partial charge is 0.326 e. The van der Waals surface area contributed by atoms with Gasteiger partial charge in [0.15, 0.2) is 0 Å². The van der Waals surface area contributed by atoms with Gasteiger partial charge in [-0.25, -0.2) is 13.2 Å². The molecular formula is C22H26N2O5S. The summed E-state index contributed by atoms with van der Waals surface area (Å²) in [4.78, 5) is 24.9. The summed E-state index contributed by atoms with van der Waals surface area (Å²) >= 11 is 0. The van der Waals surface area contributed by atoms with Crippen molar-refractivity contribution in [2.24, 2.45) is 5.92 Å². The lowest BCUT2D eigenvalue weighted by Gasteiger charge is -2.32. The van der Waals surface area contributed by atoms with Crippen molar-refractivity contribution in [2.45, 2.75) is 50.7 Å². The maximum Gasteiger partial charge on any atom is 0.326 e. The van der Waals surface area contributed by atoms with Gasteiger partial charge in [-0.2, -0.15) is 4.31 Å². The molecule has 0 spiro atoms. The molecule has 8 heteroatoms. The van der Waals surface area contributed by atoms with Crippen molar-refractivity contribution >= 4 is 21.9 Å². The van der Waals surface area contributed by atoms with Crippen LogP contribution in [0.25, 0.3) is 0 Å². The molecule has 160 valence electrons. The van der Waals surface area contributed by atoms with Crippen LogP contribution in [0.3, 0.4) is 0 Å². The normalized spacial score (nSPS) is 20.6. The lowest BCUT2D eigenvalue weighted by Crippen LogP contribution is -2.54. The number of aliphatic carboxylic acids is 1. The molecule has 30 heavy (non-hydrogen) atoms. The van der Waals surface area contributed by atoms with Gasteiger partial charge in [0.2, 0.25) is 15.9 Å². The van der Waals surface area contributed by atoms with Gasteiger partial charge in [-0.1, -0.05) is 55.8 Å². The molecular weight excluding hydrogens is 404 g/mol. The predicted molar refractivity (Wildman–Crippen MR) is 112 cm³/mol. The minimum absolute atomic E-state index is 0.0189. The zero-order valence-corrected chi connectivity index (χ0v) is 18.0. The summed E-state index contributed by atoms with van der Waals surface area (Å²) in [7, 11) is -4.02. The van der Waals surface area contributed by atoms with Gasteiger partial charge in [0.25, 0.3) is 0 Å². The minimum atomic E-state index is -4.02. The highest BCUT2D eigenvalue weighted by Crippen LogP contribution is 2.28. The molecule has 1 heterocycles. The van der Waals surface area contributed by atoms with E-state index >= 15 is 0 Å². The van der Waals surface area contributed by atoms with Crippen molar-refractivity contribution in [1.82, 2.24) is 9.62 Å². The second kappa shape index (κ2) is 8.57. The summed E-state index contributed by atoms with van der Waals surface area (Å²) in [6.45, 7) is 5.35. The van der Waals surface area contributed by atoms with Crippen molar-refractivity contribution in [3.63, 3.8) is 0 Å². The third kappa shape index (κ3) is 4.39. The molecule has 1 aliphatic rings. The van der Waals surface area contributed by atoms with Crippen molar-refractivity contribution in [2.75, 3.05) is 0 Å². The largest absolute Gasteiger partial charge is 0.480 e. The molecule has 2 N–H and O–H groups in total. The minimum Gasteiger partial charge on any atom is -0.480 e. The number of benzene rings is 2. The molecule has 0 aromatic heterocycles. The van der Waals surface area contributed by atoms with E-state index in [1.807, 2.05) is 6.92 Å². The summed E-state index contributed by atoms with van der Waals surface area (Å²) in [6.07, 6.45) is 0.0838. The Labute approximate surface area is 176 Å². The van der Waals surface area contributed by atoms with Gasteiger partial charge in [0.05, 0.1) is 4.90 Å². The molecule has 0 radical (unpaired) electrons. The number of amides is 1. The fraction of sp³-hybridized carbons (Fsp3) is 0.364. The molecule has 3 rings (SSSR count). The fourth-order valence-electron chi connectivity index (χ4n) is 3.70.